The molecule has 5 nitrogen and oxygen atoms in total. The van der Waals surface area contributed by atoms with Crippen molar-refractivity contribution in [3.63, 3.8) is 0 Å². The first-order chi connectivity index (χ1) is 13.2. The number of hydrogen-bond acceptors (Lipinski definition) is 4. The number of pyridine rings is 1. The third kappa shape index (κ3) is 5.54. The molecule has 29 heavy (non-hydrogen) atoms. The minimum absolute atomic E-state index is 0.361. The molecule has 0 saturated carbocycles. The minimum atomic E-state index is -5.34. The van der Waals surface area contributed by atoms with E-state index in [9.17, 15) is 39.9 Å². The molecule has 0 fully saturated rings. The van der Waals surface area contributed by atoms with Crippen molar-refractivity contribution in [2.75, 3.05) is 20.7 Å². The second-order valence-electron chi connectivity index (χ2n) is 5.75. The van der Waals surface area contributed by atoms with Crippen molar-refractivity contribution in [1.29, 1.82) is 0 Å². The van der Waals surface area contributed by atoms with Gasteiger partial charge in [0.25, 0.3) is 6.43 Å². The number of rotatable bonds is 5. The van der Waals surface area contributed by atoms with Gasteiger partial charge < -0.3 is 9.64 Å². The number of alkyl halides is 8. The van der Waals surface area contributed by atoms with Crippen molar-refractivity contribution < 1.29 is 44.7 Å². The number of nitrogens with zero attached hydrogens (tertiary/aromatic N) is 3. The lowest BCUT2D eigenvalue weighted by atomic mass is 9.99. The summed E-state index contributed by atoms with van der Waals surface area (Å²) >= 11 is 0. The summed E-state index contributed by atoms with van der Waals surface area (Å²) in [6.07, 6.45) is -14.7. The van der Waals surface area contributed by atoms with Gasteiger partial charge in [-0.1, -0.05) is 6.92 Å². The van der Waals surface area contributed by atoms with Gasteiger partial charge in [0, 0.05) is 14.1 Å². The zero-order valence-electron chi connectivity index (χ0n) is 15.7. The Kier molecular flexibility index (Phi) is 7.55. The van der Waals surface area contributed by atoms with Crippen molar-refractivity contribution in [3.8, 4) is 0 Å². The van der Waals surface area contributed by atoms with Gasteiger partial charge in [-0.15, -0.1) is 0 Å². The van der Waals surface area contributed by atoms with Crippen molar-refractivity contribution in [1.82, 2.24) is 9.88 Å². The number of carbonyl (C=O) groups is 1. The first-order valence-corrected chi connectivity index (χ1v) is 8.09. The molecule has 0 aromatic carbocycles. The lowest BCUT2D eigenvalue weighted by Crippen LogP contribution is -2.36. The Hall–Kier alpha value is -2.47. The Balaban J connectivity index is 4.12. The topological polar surface area (TPSA) is 54.8 Å². The van der Waals surface area contributed by atoms with Gasteiger partial charge in [-0.05, 0) is 18.9 Å². The molecule has 0 aliphatic rings. The van der Waals surface area contributed by atoms with Crippen LogP contribution in [0.1, 0.15) is 47.6 Å². The van der Waals surface area contributed by atoms with Crippen LogP contribution in [-0.4, -0.2) is 48.6 Å². The van der Waals surface area contributed by atoms with Crippen molar-refractivity contribution >= 4 is 17.5 Å². The SMILES string of the molecule is CCOC(=O)c1c(C(F)(F)F)nc(C(F)F)c(N=C(N(C)C)C(F)(F)F)c1CC. The second kappa shape index (κ2) is 8.91. The van der Waals surface area contributed by atoms with Crippen LogP contribution in [-0.2, 0) is 17.3 Å². The highest BCUT2D eigenvalue weighted by atomic mass is 19.4. The zero-order chi connectivity index (χ0) is 22.7. The maximum atomic E-state index is 13.4. The van der Waals surface area contributed by atoms with Gasteiger partial charge in [0.1, 0.15) is 5.69 Å². The van der Waals surface area contributed by atoms with Gasteiger partial charge >= 0.3 is 18.3 Å². The lowest BCUT2D eigenvalue weighted by molar-refractivity contribution is -0.142. The quantitative estimate of drug-likeness (QED) is 0.285. The molecule has 0 saturated heterocycles. The Morgan fingerprint density at radius 3 is 2.03 bits per heavy atom. The molecular weight excluding hydrogens is 418 g/mol. The third-order valence-electron chi connectivity index (χ3n) is 3.50. The summed E-state index contributed by atoms with van der Waals surface area (Å²) in [4.78, 5) is 18.5. The average Bonchev–Trinajstić information content (AvgIpc) is 2.55. The van der Waals surface area contributed by atoms with E-state index in [0.717, 1.165) is 14.1 Å². The van der Waals surface area contributed by atoms with E-state index in [1.54, 1.807) is 0 Å². The number of carbonyl (C=O) groups excluding carboxylic acids is 1. The summed E-state index contributed by atoms with van der Waals surface area (Å²) in [6, 6.07) is 0. The van der Waals surface area contributed by atoms with E-state index < -0.39 is 65.2 Å². The standard InChI is InChI=1S/C16H17F8N3O2/c1-5-7-8(13(28)29-6-2)11(15(19,20)21)25-10(12(17)18)9(7)26-14(27(3)4)16(22,23)24/h12H,5-6H2,1-4H3. The molecule has 0 spiro atoms. The van der Waals surface area contributed by atoms with Gasteiger partial charge in [0.2, 0.25) is 5.84 Å². The Labute approximate surface area is 160 Å². The van der Waals surface area contributed by atoms with Crippen LogP contribution in [0.15, 0.2) is 4.99 Å². The summed E-state index contributed by atoms with van der Waals surface area (Å²) in [5.74, 6) is -3.22. The highest BCUT2D eigenvalue weighted by Crippen LogP contribution is 2.41. The van der Waals surface area contributed by atoms with Crippen molar-refractivity contribution in [2.45, 2.75) is 39.0 Å². The normalized spacial score (nSPS) is 13.1. The Morgan fingerprint density at radius 2 is 1.69 bits per heavy atom. The third-order valence-corrected chi connectivity index (χ3v) is 3.50. The van der Waals surface area contributed by atoms with E-state index in [0.29, 0.717) is 4.90 Å². The number of ether oxygens (including phenoxy) is 1. The molecule has 0 bridgehead atoms. The molecule has 13 heteroatoms. The number of esters is 1. The summed E-state index contributed by atoms with van der Waals surface area (Å²) < 4.78 is 111. The number of halogens is 8. The van der Waals surface area contributed by atoms with E-state index in [-0.39, 0.29) is 6.61 Å². The van der Waals surface area contributed by atoms with Crippen LogP contribution >= 0.6 is 0 Å². The van der Waals surface area contributed by atoms with Gasteiger partial charge in [0.05, 0.1) is 17.9 Å². The molecule has 1 heterocycles. The van der Waals surface area contributed by atoms with Crippen LogP contribution in [0.3, 0.4) is 0 Å². The summed E-state index contributed by atoms with van der Waals surface area (Å²) in [5.41, 5.74) is -6.76. The average molecular weight is 435 g/mol. The van der Waals surface area contributed by atoms with Crippen LogP contribution in [0.4, 0.5) is 40.8 Å². The van der Waals surface area contributed by atoms with Gasteiger partial charge in [-0.2, -0.15) is 26.3 Å². The van der Waals surface area contributed by atoms with Gasteiger partial charge in [0.15, 0.2) is 5.69 Å². The van der Waals surface area contributed by atoms with Crippen LogP contribution < -0.4 is 0 Å². The predicted molar refractivity (Wildman–Crippen MR) is 86.4 cm³/mol. The van der Waals surface area contributed by atoms with E-state index in [1.807, 2.05) is 0 Å². The molecule has 1 rings (SSSR count). The molecule has 0 unspecified atom stereocenters. The molecule has 1 aromatic rings. The molecule has 164 valence electrons. The predicted octanol–water partition coefficient (Wildman–Crippen LogP) is 4.93. The van der Waals surface area contributed by atoms with Crippen LogP contribution in [0.5, 0.6) is 0 Å². The second-order valence-corrected chi connectivity index (χ2v) is 5.75. The maximum absolute atomic E-state index is 13.4. The zero-order valence-corrected chi connectivity index (χ0v) is 15.7. The van der Waals surface area contributed by atoms with Gasteiger partial charge in [-0.3, -0.25) is 0 Å². The lowest BCUT2D eigenvalue weighted by Gasteiger charge is -2.22. The first-order valence-electron chi connectivity index (χ1n) is 8.09. The summed E-state index contributed by atoms with van der Waals surface area (Å²) in [6.45, 7) is 2.10. The molecule has 0 aliphatic heterocycles. The largest absolute Gasteiger partial charge is 0.462 e. The minimum Gasteiger partial charge on any atom is -0.462 e. The summed E-state index contributed by atoms with van der Waals surface area (Å²) in [7, 11) is 1.84. The number of aliphatic imine (C=N–C) groups is 1. The van der Waals surface area contributed by atoms with Crippen LogP contribution in [0.2, 0.25) is 0 Å². The fraction of sp³-hybridized carbons (Fsp3) is 0.562. The van der Waals surface area contributed by atoms with Crippen molar-refractivity contribution in [2.24, 2.45) is 4.99 Å². The highest BCUT2D eigenvalue weighted by Gasteiger charge is 2.43. The van der Waals surface area contributed by atoms with E-state index >= 15 is 0 Å². The number of amidine groups is 1. The van der Waals surface area contributed by atoms with E-state index in [2.05, 4.69) is 14.7 Å². The monoisotopic (exact) mass is 435 g/mol. The number of hydrogen-bond donors (Lipinski definition) is 0. The molecule has 0 atom stereocenters. The van der Waals surface area contributed by atoms with E-state index in [4.69, 9.17) is 0 Å². The fourth-order valence-corrected chi connectivity index (χ4v) is 2.42. The van der Waals surface area contributed by atoms with Crippen LogP contribution in [0, 0.1) is 0 Å². The maximum Gasteiger partial charge on any atom is 0.449 e. The molecule has 0 N–H and O–H groups in total. The number of aromatic nitrogens is 1. The van der Waals surface area contributed by atoms with Crippen molar-refractivity contribution in [3.05, 3.63) is 22.5 Å². The molecule has 0 radical (unpaired) electrons. The molecule has 0 amide bonds. The fourth-order valence-electron chi connectivity index (χ4n) is 2.42. The molecular formula is C16H17F8N3O2. The summed E-state index contributed by atoms with van der Waals surface area (Å²) in [5, 5.41) is 0. The first kappa shape index (κ1) is 24.6. The molecule has 0 aliphatic carbocycles. The highest BCUT2D eigenvalue weighted by molar-refractivity contribution is 5.96. The van der Waals surface area contributed by atoms with E-state index in [1.165, 1.54) is 13.8 Å². The van der Waals surface area contributed by atoms with Crippen LogP contribution in [0.25, 0.3) is 0 Å². The van der Waals surface area contributed by atoms with Gasteiger partial charge in [-0.25, -0.2) is 23.6 Å². The Bertz CT molecular complexity index is 786. The Morgan fingerprint density at radius 1 is 1.14 bits per heavy atom. The molecule has 1 aromatic heterocycles. The smallest absolute Gasteiger partial charge is 0.449 e.